The molecule has 2 aromatic rings. The minimum Gasteiger partial charge on any atom is -0.497 e. The van der Waals surface area contributed by atoms with Crippen LogP contribution in [0.5, 0.6) is 5.75 Å². The third-order valence-corrected chi connectivity index (χ3v) is 7.58. The van der Waals surface area contributed by atoms with E-state index < -0.39 is 10.0 Å². The highest BCUT2D eigenvalue weighted by atomic mass is 32.2. The van der Waals surface area contributed by atoms with Crippen molar-refractivity contribution in [1.29, 1.82) is 0 Å². The molecule has 0 spiro atoms. The molecule has 2 aromatic carbocycles. The van der Waals surface area contributed by atoms with Crippen molar-refractivity contribution in [1.82, 2.24) is 9.21 Å². The molecule has 1 amide bonds. The van der Waals surface area contributed by atoms with Gasteiger partial charge in [-0.15, -0.1) is 0 Å². The van der Waals surface area contributed by atoms with Crippen LogP contribution in [-0.2, 0) is 15.4 Å². The number of hydrogen-bond acceptors (Lipinski definition) is 4. The number of ether oxygens (including phenoxy) is 1. The van der Waals surface area contributed by atoms with Gasteiger partial charge in [0.1, 0.15) is 5.75 Å². The summed E-state index contributed by atoms with van der Waals surface area (Å²) in [4.78, 5) is 14.8. The number of aryl methyl sites for hydroxylation is 1. The monoisotopic (exact) mass is 430 g/mol. The first-order chi connectivity index (χ1) is 14.0. The van der Waals surface area contributed by atoms with E-state index in [9.17, 15) is 13.2 Å². The molecular formula is C23H30N2O4S. The molecule has 0 atom stereocenters. The van der Waals surface area contributed by atoms with Crippen LogP contribution < -0.4 is 4.74 Å². The predicted octanol–water partition coefficient (Wildman–Crippen LogP) is 3.45. The third kappa shape index (κ3) is 4.52. The molecule has 0 saturated carbocycles. The van der Waals surface area contributed by atoms with Gasteiger partial charge in [0.25, 0.3) is 5.91 Å². The van der Waals surface area contributed by atoms with Gasteiger partial charge >= 0.3 is 0 Å². The molecular weight excluding hydrogens is 400 g/mol. The van der Waals surface area contributed by atoms with Gasteiger partial charge in [0.15, 0.2) is 0 Å². The number of piperazine rings is 1. The van der Waals surface area contributed by atoms with Crippen molar-refractivity contribution in [3.63, 3.8) is 0 Å². The Kier molecular flexibility index (Phi) is 6.24. The second kappa shape index (κ2) is 8.40. The van der Waals surface area contributed by atoms with Crippen LogP contribution >= 0.6 is 0 Å². The standard InChI is InChI=1S/C23H30N2O4S/c1-17-6-9-19(23(2,3)4)16-21(17)30(27,28)25-14-12-24(13-15-25)22(26)18-7-10-20(29-5)11-8-18/h6-11,16H,12-15H2,1-5H3. The van der Waals surface area contributed by atoms with Crippen molar-refractivity contribution in [2.24, 2.45) is 0 Å². The Balaban J connectivity index is 1.74. The van der Waals surface area contributed by atoms with E-state index in [-0.39, 0.29) is 24.4 Å². The lowest BCUT2D eigenvalue weighted by atomic mass is 9.87. The van der Waals surface area contributed by atoms with E-state index in [1.165, 1.54) is 4.31 Å². The number of hydrogen-bond donors (Lipinski definition) is 0. The number of sulfonamides is 1. The number of amides is 1. The topological polar surface area (TPSA) is 66.9 Å². The third-order valence-electron chi connectivity index (χ3n) is 5.53. The van der Waals surface area contributed by atoms with Gasteiger partial charge in [0.2, 0.25) is 10.0 Å². The Bertz CT molecular complexity index is 1020. The highest BCUT2D eigenvalue weighted by Crippen LogP contribution is 2.29. The zero-order valence-electron chi connectivity index (χ0n) is 18.3. The van der Waals surface area contributed by atoms with Crippen LogP contribution in [0.2, 0.25) is 0 Å². The maximum absolute atomic E-state index is 13.3. The maximum atomic E-state index is 13.3. The summed E-state index contributed by atoms with van der Waals surface area (Å²) < 4.78 is 33.2. The summed E-state index contributed by atoms with van der Waals surface area (Å²) >= 11 is 0. The van der Waals surface area contributed by atoms with Crippen molar-refractivity contribution >= 4 is 15.9 Å². The number of carbonyl (C=O) groups is 1. The summed E-state index contributed by atoms with van der Waals surface area (Å²) in [6.07, 6.45) is 0. The summed E-state index contributed by atoms with van der Waals surface area (Å²) in [5, 5.41) is 0. The van der Waals surface area contributed by atoms with Gasteiger partial charge in [-0.25, -0.2) is 8.42 Å². The van der Waals surface area contributed by atoms with E-state index >= 15 is 0 Å². The number of rotatable bonds is 4. The summed E-state index contributed by atoms with van der Waals surface area (Å²) in [5.74, 6) is 0.593. The van der Waals surface area contributed by atoms with Crippen LogP contribution in [0.25, 0.3) is 0 Å². The zero-order valence-corrected chi connectivity index (χ0v) is 19.1. The number of methoxy groups -OCH3 is 1. The molecule has 0 N–H and O–H groups in total. The molecule has 0 aromatic heterocycles. The Morgan fingerprint density at radius 2 is 1.57 bits per heavy atom. The van der Waals surface area contributed by atoms with Crippen molar-refractivity contribution in [2.45, 2.75) is 38.0 Å². The Morgan fingerprint density at radius 3 is 2.10 bits per heavy atom. The first kappa shape index (κ1) is 22.3. The zero-order chi connectivity index (χ0) is 22.1. The van der Waals surface area contributed by atoms with E-state index in [4.69, 9.17) is 4.74 Å². The van der Waals surface area contributed by atoms with Gasteiger partial charge in [-0.1, -0.05) is 32.9 Å². The number of benzene rings is 2. The van der Waals surface area contributed by atoms with Gasteiger partial charge in [-0.2, -0.15) is 4.31 Å². The molecule has 1 saturated heterocycles. The van der Waals surface area contributed by atoms with E-state index in [0.29, 0.717) is 29.3 Å². The van der Waals surface area contributed by atoms with Crippen LogP contribution in [0.3, 0.4) is 0 Å². The van der Waals surface area contributed by atoms with Crippen molar-refractivity contribution in [2.75, 3.05) is 33.3 Å². The Labute approximate surface area is 179 Å². The molecule has 0 radical (unpaired) electrons. The van der Waals surface area contributed by atoms with Gasteiger partial charge < -0.3 is 9.64 Å². The normalized spacial score (nSPS) is 15.8. The quantitative estimate of drug-likeness (QED) is 0.745. The Hall–Kier alpha value is -2.38. The first-order valence-corrected chi connectivity index (χ1v) is 11.5. The van der Waals surface area contributed by atoms with Gasteiger partial charge in [0, 0.05) is 31.7 Å². The summed E-state index contributed by atoms with van der Waals surface area (Å²) in [6, 6.07) is 12.6. The number of carbonyl (C=O) groups excluding carboxylic acids is 1. The fraction of sp³-hybridized carbons (Fsp3) is 0.435. The number of nitrogens with zero attached hydrogens (tertiary/aromatic N) is 2. The predicted molar refractivity (Wildman–Crippen MR) is 118 cm³/mol. The second-order valence-corrected chi connectivity index (χ2v) is 10.6. The van der Waals surface area contributed by atoms with E-state index in [1.807, 2.05) is 19.1 Å². The lowest BCUT2D eigenvalue weighted by Crippen LogP contribution is -2.50. The molecule has 7 heteroatoms. The largest absolute Gasteiger partial charge is 0.497 e. The van der Waals surface area contributed by atoms with E-state index in [2.05, 4.69) is 20.8 Å². The first-order valence-electron chi connectivity index (χ1n) is 10.1. The van der Waals surface area contributed by atoms with E-state index in [1.54, 1.807) is 42.3 Å². The van der Waals surface area contributed by atoms with Crippen LogP contribution in [0.15, 0.2) is 47.4 Å². The van der Waals surface area contributed by atoms with Crippen molar-refractivity contribution in [3.8, 4) is 5.75 Å². The molecule has 30 heavy (non-hydrogen) atoms. The minimum absolute atomic E-state index is 0.0967. The fourth-order valence-electron chi connectivity index (χ4n) is 3.53. The second-order valence-electron chi connectivity index (χ2n) is 8.66. The fourth-order valence-corrected chi connectivity index (χ4v) is 5.20. The molecule has 0 aliphatic carbocycles. The maximum Gasteiger partial charge on any atom is 0.253 e. The van der Waals surface area contributed by atoms with Crippen LogP contribution in [0, 0.1) is 6.92 Å². The van der Waals surface area contributed by atoms with Crippen LogP contribution in [-0.4, -0.2) is 56.8 Å². The lowest BCUT2D eigenvalue weighted by molar-refractivity contribution is 0.0698. The average Bonchev–Trinajstić information content (AvgIpc) is 2.72. The summed E-state index contributed by atoms with van der Waals surface area (Å²) in [5.41, 5.74) is 2.15. The molecule has 6 nitrogen and oxygen atoms in total. The Morgan fingerprint density at radius 1 is 0.967 bits per heavy atom. The van der Waals surface area contributed by atoms with Crippen LogP contribution in [0.1, 0.15) is 42.3 Å². The molecule has 0 bridgehead atoms. The van der Waals surface area contributed by atoms with E-state index in [0.717, 1.165) is 11.1 Å². The van der Waals surface area contributed by atoms with Crippen molar-refractivity contribution < 1.29 is 17.9 Å². The SMILES string of the molecule is COc1ccc(C(=O)N2CCN(S(=O)(=O)c3cc(C(C)(C)C)ccc3C)CC2)cc1. The highest BCUT2D eigenvalue weighted by Gasteiger charge is 2.32. The molecule has 1 heterocycles. The smallest absolute Gasteiger partial charge is 0.253 e. The average molecular weight is 431 g/mol. The molecule has 1 aliphatic rings. The highest BCUT2D eigenvalue weighted by molar-refractivity contribution is 7.89. The van der Waals surface area contributed by atoms with Gasteiger partial charge in [0.05, 0.1) is 12.0 Å². The van der Waals surface area contributed by atoms with Gasteiger partial charge in [-0.05, 0) is 53.8 Å². The van der Waals surface area contributed by atoms with Crippen molar-refractivity contribution in [3.05, 3.63) is 59.2 Å². The lowest BCUT2D eigenvalue weighted by Gasteiger charge is -2.34. The summed E-state index contributed by atoms with van der Waals surface area (Å²) in [7, 11) is -2.04. The molecule has 0 unspecified atom stereocenters. The molecule has 162 valence electrons. The van der Waals surface area contributed by atoms with Crippen LogP contribution in [0.4, 0.5) is 0 Å². The molecule has 1 aliphatic heterocycles. The summed E-state index contributed by atoms with van der Waals surface area (Å²) in [6.45, 7) is 9.31. The molecule has 3 rings (SSSR count). The minimum atomic E-state index is -3.62. The molecule has 1 fully saturated rings. The van der Waals surface area contributed by atoms with Gasteiger partial charge in [-0.3, -0.25) is 4.79 Å².